The number of rotatable bonds is 10. The summed E-state index contributed by atoms with van der Waals surface area (Å²) in [5.41, 5.74) is 2.51. The highest BCUT2D eigenvalue weighted by Gasteiger charge is 2.03. The van der Waals surface area contributed by atoms with Crippen LogP contribution in [-0.2, 0) is 9.53 Å². The van der Waals surface area contributed by atoms with Crippen LogP contribution in [0.4, 0.5) is 0 Å². The van der Waals surface area contributed by atoms with E-state index >= 15 is 0 Å². The van der Waals surface area contributed by atoms with Gasteiger partial charge in [-0.05, 0) is 50.5 Å². The van der Waals surface area contributed by atoms with Crippen LogP contribution in [0.25, 0.3) is 0 Å². The van der Waals surface area contributed by atoms with Crippen molar-refractivity contribution < 1.29 is 9.53 Å². The predicted octanol–water partition coefficient (Wildman–Crippen LogP) is 5.60. The average Bonchev–Trinajstić information content (AvgIpc) is 2.49. The quantitative estimate of drug-likeness (QED) is 0.226. The molecule has 0 spiro atoms. The third-order valence-electron chi connectivity index (χ3n) is 3.89. The van der Waals surface area contributed by atoms with Crippen LogP contribution in [0.5, 0.6) is 0 Å². The maximum absolute atomic E-state index is 11.1. The summed E-state index contributed by atoms with van der Waals surface area (Å²) in [5.74, 6) is 0.430. The highest BCUT2D eigenvalue weighted by Crippen LogP contribution is 2.18. The van der Waals surface area contributed by atoms with Gasteiger partial charge in [0.2, 0.25) is 0 Å². The number of esters is 1. The molecule has 0 rings (SSSR count). The molecule has 120 valence electrons. The molecule has 0 saturated heterocycles. The summed E-state index contributed by atoms with van der Waals surface area (Å²) in [5, 5.41) is 0. The van der Waals surface area contributed by atoms with Crippen LogP contribution < -0.4 is 0 Å². The van der Waals surface area contributed by atoms with Gasteiger partial charge in [-0.15, -0.1) is 0 Å². The van der Waals surface area contributed by atoms with E-state index in [-0.39, 0.29) is 5.97 Å². The minimum atomic E-state index is -0.291. The lowest BCUT2D eigenvalue weighted by atomic mass is 9.95. The second-order valence-electron chi connectivity index (χ2n) is 5.47. The zero-order valence-electron chi connectivity index (χ0n) is 14.4. The fraction of sp³-hybridized carbons (Fsp3) is 0.632. The molecular formula is C19H32O2. The zero-order valence-corrected chi connectivity index (χ0v) is 14.4. The molecule has 2 nitrogen and oxygen atoms in total. The Kier molecular flexibility index (Phi) is 11.7. The van der Waals surface area contributed by atoms with Crippen molar-refractivity contribution in [3.05, 3.63) is 35.5 Å². The number of carbonyl (C=O) groups is 1. The van der Waals surface area contributed by atoms with E-state index in [0.717, 1.165) is 17.9 Å². The van der Waals surface area contributed by atoms with E-state index < -0.39 is 0 Å². The van der Waals surface area contributed by atoms with Crippen LogP contribution in [0.1, 0.15) is 66.2 Å². The molecule has 0 bridgehead atoms. The third-order valence-corrected chi connectivity index (χ3v) is 3.89. The summed E-state index contributed by atoms with van der Waals surface area (Å²) < 4.78 is 4.61. The number of allylic oxidation sites excluding steroid dienone is 5. The van der Waals surface area contributed by atoms with Gasteiger partial charge in [0.05, 0.1) is 7.11 Å². The molecule has 0 aromatic rings. The van der Waals surface area contributed by atoms with Crippen LogP contribution in [0.3, 0.4) is 0 Å². The summed E-state index contributed by atoms with van der Waals surface area (Å²) in [6.45, 7) is 8.63. The predicted molar refractivity (Wildman–Crippen MR) is 91.2 cm³/mol. The monoisotopic (exact) mass is 292 g/mol. The normalized spacial score (nSPS) is 13.3. The molecule has 1 atom stereocenters. The number of ether oxygens (including phenoxy) is 1. The largest absolute Gasteiger partial charge is 0.466 e. The van der Waals surface area contributed by atoms with Crippen molar-refractivity contribution in [3.8, 4) is 0 Å². The van der Waals surface area contributed by atoms with Crippen LogP contribution >= 0.6 is 0 Å². The van der Waals surface area contributed by atoms with Gasteiger partial charge in [-0.25, -0.2) is 4.79 Å². The first-order valence-electron chi connectivity index (χ1n) is 8.17. The standard InChI is InChI=1S/C19H32O2/c1-6-17(7-2)12-10-14-18(8-3)13-9-11-16(4)15-19(20)21-5/h9,11-12,15,18H,6-8,10,13-14H2,1-5H3/b11-9+,16-15+. The summed E-state index contributed by atoms with van der Waals surface area (Å²) in [6.07, 6.45) is 15.2. The summed E-state index contributed by atoms with van der Waals surface area (Å²) in [6, 6.07) is 0. The first-order chi connectivity index (χ1) is 10.1. The molecule has 0 aliphatic rings. The molecule has 0 saturated carbocycles. The molecule has 0 aliphatic heterocycles. The minimum Gasteiger partial charge on any atom is -0.466 e. The molecule has 0 fully saturated rings. The van der Waals surface area contributed by atoms with Gasteiger partial charge in [-0.2, -0.15) is 0 Å². The summed E-state index contributed by atoms with van der Waals surface area (Å²) >= 11 is 0. The first kappa shape index (κ1) is 19.7. The van der Waals surface area contributed by atoms with Gasteiger partial charge in [0.15, 0.2) is 0 Å². The van der Waals surface area contributed by atoms with Crippen LogP contribution in [0.15, 0.2) is 35.5 Å². The molecule has 0 aromatic heterocycles. The number of methoxy groups -OCH3 is 1. The Hall–Kier alpha value is -1.31. The Morgan fingerprint density at radius 3 is 2.38 bits per heavy atom. The lowest BCUT2D eigenvalue weighted by Gasteiger charge is -2.11. The molecule has 1 unspecified atom stereocenters. The van der Waals surface area contributed by atoms with Crippen LogP contribution in [-0.4, -0.2) is 13.1 Å². The Morgan fingerprint density at radius 1 is 1.19 bits per heavy atom. The first-order valence-corrected chi connectivity index (χ1v) is 8.17. The zero-order chi connectivity index (χ0) is 16.1. The fourth-order valence-electron chi connectivity index (χ4n) is 2.29. The van der Waals surface area contributed by atoms with Gasteiger partial charge < -0.3 is 4.74 Å². The second-order valence-corrected chi connectivity index (χ2v) is 5.47. The molecule has 2 heteroatoms. The molecule has 0 radical (unpaired) electrons. The van der Waals surface area contributed by atoms with E-state index in [4.69, 9.17) is 0 Å². The molecule has 0 N–H and O–H groups in total. The average molecular weight is 292 g/mol. The fourth-order valence-corrected chi connectivity index (χ4v) is 2.29. The van der Waals surface area contributed by atoms with Gasteiger partial charge >= 0.3 is 5.97 Å². The smallest absolute Gasteiger partial charge is 0.330 e. The van der Waals surface area contributed by atoms with Gasteiger partial charge in [0.1, 0.15) is 0 Å². The van der Waals surface area contributed by atoms with Crippen molar-refractivity contribution in [1.29, 1.82) is 0 Å². The van der Waals surface area contributed by atoms with Crippen LogP contribution in [0, 0.1) is 5.92 Å². The molecule has 0 aromatic carbocycles. The van der Waals surface area contributed by atoms with Gasteiger partial charge in [-0.1, -0.05) is 51.0 Å². The topological polar surface area (TPSA) is 26.3 Å². The summed E-state index contributed by atoms with van der Waals surface area (Å²) in [4.78, 5) is 11.1. The van der Waals surface area contributed by atoms with Crippen molar-refractivity contribution in [1.82, 2.24) is 0 Å². The summed E-state index contributed by atoms with van der Waals surface area (Å²) in [7, 11) is 1.40. The number of carbonyl (C=O) groups excluding carboxylic acids is 1. The Morgan fingerprint density at radius 2 is 1.86 bits per heavy atom. The number of hydrogen-bond acceptors (Lipinski definition) is 2. The van der Waals surface area contributed by atoms with E-state index in [0.29, 0.717) is 0 Å². The van der Waals surface area contributed by atoms with Crippen molar-refractivity contribution in [3.63, 3.8) is 0 Å². The van der Waals surface area contributed by atoms with Crippen molar-refractivity contribution in [2.75, 3.05) is 7.11 Å². The van der Waals surface area contributed by atoms with E-state index in [1.165, 1.54) is 45.3 Å². The lowest BCUT2D eigenvalue weighted by Crippen LogP contribution is -1.97. The molecular weight excluding hydrogens is 260 g/mol. The van der Waals surface area contributed by atoms with Gasteiger partial charge in [-0.3, -0.25) is 0 Å². The maximum Gasteiger partial charge on any atom is 0.330 e. The maximum atomic E-state index is 11.1. The Balaban J connectivity index is 4.24. The van der Waals surface area contributed by atoms with Crippen molar-refractivity contribution in [2.24, 2.45) is 5.92 Å². The molecule has 0 heterocycles. The molecule has 0 amide bonds. The SMILES string of the molecule is CCC(=CCCC(CC)C/C=C/C(C)=C/C(=O)OC)CC. The van der Waals surface area contributed by atoms with E-state index in [1.54, 1.807) is 5.57 Å². The lowest BCUT2D eigenvalue weighted by molar-refractivity contribution is -0.134. The van der Waals surface area contributed by atoms with E-state index in [9.17, 15) is 4.79 Å². The highest BCUT2D eigenvalue weighted by molar-refractivity contribution is 5.83. The van der Waals surface area contributed by atoms with Crippen molar-refractivity contribution >= 4 is 5.97 Å². The minimum absolute atomic E-state index is 0.291. The number of hydrogen-bond donors (Lipinski definition) is 0. The molecule has 0 aliphatic carbocycles. The van der Waals surface area contributed by atoms with E-state index in [1.807, 2.05) is 13.0 Å². The van der Waals surface area contributed by atoms with E-state index in [2.05, 4.69) is 37.7 Å². The Bertz CT molecular complexity index is 369. The molecule has 21 heavy (non-hydrogen) atoms. The Labute approximate surface area is 131 Å². The van der Waals surface area contributed by atoms with Crippen LogP contribution in [0.2, 0.25) is 0 Å². The van der Waals surface area contributed by atoms with Gasteiger partial charge in [0, 0.05) is 6.08 Å². The van der Waals surface area contributed by atoms with Gasteiger partial charge in [0.25, 0.3) is 0 Å². The second kappa shape index (κ2) is 12.4. The van der Waals surface area contributed by atoms with Crippen molar-refractivity contribution in [2.45, 2.75) is 66.2 Å². The third kappa shape index (κ3) is 10.1. The highest BCUT2D eigenvalue weighted by atomic mass is 16.5.